The Labute approximate surface area is 105 Å². The molecule has 0 amide bonds. The molecule has 1 saturated heterocycles. The average molecular weight is 241 g/mol. The first-order chi connectivity index (χ1) is 8.16. The number of hydrogen-bond donors (Lipinski definition) is 1. The minimum Gasteiger partial charge on any atom is -0.391 e. The van der Waals surface area contributed by atoms with Crippen LogP contribution in [0.4, 0.5) is 0 Å². The van der Waals surface area contributed by atoms with Gasteiger partial charge in [0, 0.05) is 19.2 Å². The number of aliphatic hydroxyl groups excluding tert-OH is 1. The lowest BCUT2D eigenvalue weighted by molar-refractivity contribution is -0.0365. The van der Waals surface area contributed by atoms with Crippen molar-refractivity contribution in [1.29, 1.82) is 0 Å². The van der Waals surface area contributed by atoms with Crippen molar-refractivity contribution in [2.75, 3.05) is 20.2 Å². The van der Waals surface area contributed by atoms with Crippen molar-refractivity contribution in [3.05, 3.63) is 0 Å². The van der Waals surface area contributed by atoms with Crippen molar-refractivity contribution in [2.24, 2.45) is 5.92 Å². The van der Waals surface area contributed by atoms with Gasteiger partial charge in [0.05, 0.1) is 12.2 Å². The molecule has 3 heteroatoms. The largest absolute Gasteiger partial charge is 0.391 e. The van der Waals surface area contributed by atoms with Crippen LogP contribution in [0.1, 0.15) is 45.4 Å². The number of aliphatic hydroxyl groups is 1. The Morgan fingerprint density at radius 3 is 2.76 bits per heavy atom. The van der Waals surface area contributed by atoms with Crippen LogP contribution < -0.4 is 0 Å². The molecule has 0 spiro atoms. The summed E-state index contributed by atoms with van der Waals surface area (Å²) in [7, 11) is 2.14. The SMILES string of the molecule is CC1CCC(O)C(N(C)CC2CCCCO2)C1. The predicted octanol–water partition coefficient (Wildman–Crippen LogP) is 2.04. The average Bonchev–Trinajstić information content (AvgIpc) is 2.33. The van der Waals surface area contributed by atoms with Gasteiger partial charge in [-0.2, -0.15) is 0 Å². The summed E-state index contributed by atoms with van der Waals surface area (Å²) in [5, 5.41) is 10.1. The van der Waals surface area contributed by atoms with Crippen molar-refractivity contribution in [3.63, 3.8) is 0 Å². The van der Waals surface area contributed by atoms with Gasteiger partial charge in [-0.15, -0.1) is 0 Å². The van der Waals surface area contributed by atoms with Gasteiger partial charge in [-0.25, -0.2) is 0 Å². The number of ether oxygens (including phenoxy) is 1. The molecular formula is C14H27NO2. The Kier molecular flexibility index (Phi) is 4.83. The highest BCUT2D eigenvalue weighted by Crippen LogP contribution is 2.27. The minimum atomic E-state index is -0.139. The molecule has 2 rings (SSSR count). The van der Waals surface area contributed by atoms with Crippen molar-refractivity contribution in [2.45, 2.75) is 63.7 Å². The van der Waals surface area contributed by atoms with Gasteiger partial charge in [-0.1, -0.05) is 6.92 Å². The molecule has 2 aliphatic rings. The molecule has 4 atom stereocenters. The van der Waals surface area contributed by atoms with Crippen LogP contribution in [0.3, 0.4) is 0 Å². The Hall–Kier alpha value is -0.120. The number of likely N-dealkylation sites (N-methyl/N-ethyl adjacent to an activating group) is 1. The quantitative estimate of drug-likeness (QED) is 0.820. The van der Waals surface area contributed by atoms with Crippen molar-refractivity contribution < 1.29 is 9.84 Å². The normalized spacial score (nSPS) is 39.5. The van der Waals surface area contributed by atoms with E-state index in [-0.39, 0.29) is 6.10 Å². The van der Waals surface area contributed by atoms with Gasteiger partial charge in [0.1, 0.15) is 0 Å². The van der Waals surface area contributed by atoms with E-state index in [1.54, 1.807) is 0 Å². The third kappa shape index (κ3) is 3.67. The van der Waals surface area contributed by atoms with Gasteiger partial charge < -0.3 is 9.84 Å². The second kappa shape index (κ2) is 6.17. The van der Waals surface area contributed by atoms with E-state index < -0.39 is 0 Å². The fourth-order valence-electron chi connectivity index (χ4n) is 3.22. The summed E-state index contributed by atoms with van der Waals surface area (Å²) in [4.78, 5) is 2.33. The Morgan fingerprint density at radius 2 is 2.06 bits per heavy atom. The summed E-state index contributed by atoms with van der Waals surface area (Å²) in [5.74, 6) is 0.748. The standard InChI is InChI=1S/C14H27NO2/c1-11-6-7-14(16)13(9-11)15(2)10-12-5-3-4-8-17-12/h11-14,16H,3-10H2,1-2H3. The van der Waals surface area contributed by atoms with Crippen LogP contribution in [0.5, 0.6) is 0 Å². The maximum Gasteiger partial charge on any atom is 0.0702 e. The fourth-order valence-corrected chi connectivity index (χ4v) is 3.22. The maximum atomic E-state index is 10.1. The molecule has 1 aliphatic heterocycles. The lowest BCUT2D eigenvalue weighted by Crippen LogP contribution is -2.48. The van der Waals surface area contributed by atoms with Gasteiger partial charge in [0.15, 0.2) is 0 Å². The Bertz CT molecular complexity index is 228. The van der Waals surface area contributed by atoms with Gasteiger partial charge in [0.25, 0.3) is 0 Å². The molecule has 0 aromatic rings. The lowest BCUT2D eigenvalue weighted by Gasteiger charge is -2.39. The van der Waals surface area contributed by atoms with Crippen LogP contribution in [0.15, 0.2) is 0 Å². The number of nitrogens with zero attached hydrogens (tertiary/aromatic N) is 1. The fraction of sp³-hybridized carbons (Fsp3) is 1.00. The van der Waals surface area contributed by atoms with Crippen molar-refractivity contribution in [1.82, 2.24) is 4.90 Å². The molecule has 0 aromatic heterocycles. The first-order valence-corrected chi connectivity index (χ1v) is 7.16. The first kappa shape index (κ1) is 13.3. The van der Waals surface area contributed by atoms with Crippen molar-refractivity contribution >= 4 is 0 Å². The molecule has 1 N–H and O–H groups in total. The van der Waals surface area contributed by atoms with E-state index >= 15 is 0 Å². The summed E-state index contributed by atoms with van der Waals surface area (Å²) in [5.41, 5.74) is 0. The summed E-state index contributed by atoms with van der Waals surface area (Å²) in [6, 6.07) is 0.337. The van der Waals surface area contributed by atoms with Gasteiger partial charge in [-0.05, 0) is 51.5 Å². The van der Waals surface area contributed by atoms with Crippen LogP contribution in [-0.2, 0) is 4.74 Å². The van der Waals surface area contributed by atoms with E-state index in [4.69, 9.17) is 4.74 Å². The smallest absolute Gasteiger partial charge is 0.0702 e. The molecule has 1 saturated carbocycles. The molecule has 3 nitrogen and oxygen atoms in total. The number of rotatable bonds is 3. The lowest BCUT2D eigenvalue weighted by atomic mass is 9.84. The van der Waals surface area contributed by atoms with Crippen molar-refractivity contribution in [3.8, 4) is 0 Å². The van der Waals surface area contributed by atoms with Crippen LogP contribution >= 0.6 is 0 Å². The third-order valence-corrected chi connectivity index (χ3v) is 4.38. The first-order valence-electron chi connectivity index (χ1n) is 7.16. The summed E-state index contributed by atoms with van der Waals surface area (Å²) >= 11 is 0. The van der Waals surface area contributed by atoms with Gasteiger partial charge in [0.2, 0.25) is 0 Å². The highest BCUT2D eigenvalue weighted by molar-refractivity contribution is 4.85. The zero-order chi connectivity index (χ0) is 12.3. The highest BCUT2D eigenvalue weighted by Gasteiger charge is 2.31. The van der Waals surface area contributed by atoms with E-state index in [1.165, 1.54) is 25.7 Å². The highest BCUT2D eigenvalue weighted by atomic mass is 16.5. The molecule has 100 valence electrons. The molecule has 4 unspecified atom stereocenters. The van der Waals surface area contributed by atoms with E-state index in [9.17, 15) is 5.11 Å². The van der Waals surface area contributed by atoms with Crippen LogP contribution in [0, 0.1) is 5.92 Å². The van der Waals surface area contributed by atoms with Crippen LogP contribution in [0.2, 0.25) is 0 Å². The molecule has 0 aromatic carbocycles. The Balaban J connectivity index is 1.82. The molecule has 0 bridgehead atoms. The summed E-state index contributed by atoms with van der Waals surface area (Å²) in [6.45, 7) is 4.19. The molecule has 2 fully saturated rings. The molecule has 1 heterocycles. The second-order valence-corrected chi connectivity index (χ2v) is 5.98. The maximum absolute atomic E-state index is 10.1. The molecule has 1 aliphatic carbocycles. The van der Waals surface area contributed by atoms with E-state index in [1.807, 2.05) is 0 Å². The van der Waals surface area contributed by atoms with Gasteiger partial charge >= 0.3 is 0 Å². The van der Waals surface area contributed by atoms with Crippen LogP contribution in [-0.4, -0.2) is 48.5 Å². The van der Waals surface area contributed by atoms with E-state index in [2.05, 4.69) is 18.9 Å². The predicted molar refractivity (Wildman–Crippen MR) is 69.0 cm³/mol. The Morgan fingerprint density at radius 1 is 1.24 bits per heavy atom. The summed E-state index contributed by atoms with van der Waals surface area (Å²) in [6.07, 6.45) is 7.20. The zero-order valence-electron chi connectivity index (χ0n) is 11.3. The second-order valence-electron chi connectivity index (χ2n) is 5.98. The topological polar surface area (TPSA) is 32.7 Å². The molecule has 17 heavy (non-hydrogen) atoms. The van der Waals surface area contributed by atoms with E-state index in [0.717, 1.165) is 31.9 Å². The zero-order valence-corrected chi connectivity index (χ0v) is 11.3. The molecule has 0 radical (unpaired) electrons. The van der Waals surface area contributed by atoms with E-state index in [0.29, 0.717) is 12.1 Å². The minimum absolute atomic E-state index is 0.139. The number of hydrogen-bond acceptors (Lipinski definition) is 3. The monoisotopic (exact) mass is 241 g/mol. The van der Waals surface area contributed by atoms with Crippen LogP contribution in [0.25, 0.3) is 0 Å². The molecular weight excluding hydrogens is 214 g/mol. The third-order valence-electron chi connectivity index (χ3n) is 4.38. The summed E-state index contributed by atoms with van der Waals surface area (Å²) < 4.78 is 5.78. The van der Waals surface area contributed by atoms with Gasteiger partial charge in [-0.3, -0.25) is 4.90 Å².